The molecule has 2 aromatic heterocycles. The standard InChI is InChI=1S/C19H22ClN5O/c1-24(2)12-4-11-21-17(26)13-25-18(14-6-8-15(20)9-7-14)23-16-5-3-10-22-19(16)25/h3,5-10H,4,11-13H2,1-2H3,(H,21,26). The zero-order chi connectivity index (χ0) is 18.5. The molecular formula is C19H22ClN5O. The Hall–Kier alpha value is -2.44. The molecule has 1 N–H and O–H groups in total. The first kappa shape index (κ1) is 18.4. The Labute approximate surface area is 157 Å². The van der Waals surface area contributed by atoms with Crippen LogP contribution in [0.5, 0.6) is 0 Å². The summed E-state index contributed by atoms with van der Waals surface area (Å²) < 4.78 is 1.85. The Morgan fingerprint density at radius 3 is 2.73 bits per heavy atom. The molecule has 2 heterocycles. The quantitative estimate of drug-likeness (QED) is 0.649. The molecule has 3 rings (SSSR count). The van der Waals surface area contributed by atoms with E-state index in [1.807, 2.05) is 55.1 Å². The molecule has 0 bridgehead atoms. The third-order valence-electron chi connectivity index (χ3n) is 4.01. The van der Waals surface area contributed by atoms with E-state index in [2.05, 4.69) is 20.2 Å². The Morgan fingerprint density at radius 1 is 1.23 bits per heavy atom. The van der Waals surface area contributed by atoms with Gasteiger partial charge in [0.2, 0.25) is 5.91 Å². The highest BCUT2D eigenvalue weighted by Crippen LogP contribution is 2.24. The molecule has 6 nitrogen and oxygen atoms in total. The molecule has 3 aromatic rings. The van der Waals surface area contributed by atoms with Crippen molar-refractivity contribution in [3.8, 4) is 11.4 Å². The van der Waals surface area contributed by atoms with Crippen molar-refractivity contribution in [3.63, 3.8) is 0 Å². The van der Waals surface area contributed by atoms with Gasteiger partial charge in [-0.3, -0.25) is 9.36 Å². The molecule has 0 aliphatic heterocycles. The number of aromatic nitrogens is 3. The van der Waals surface area contributed by atoms with Gasteiger partial charge in [-0.15, -0.1) is 0 Å². The molecule has 0 saturated heterocycles. The Morgan fingerprint density at radius 2 is 2.00 bits per heavy atom. The molecule has 1 aromatic carbocycles. The lowest BCUT2D eigenvalue weighted by Crippen LogP contribution is -2.30. The molecule has 26 heavy (non-hydrogen) atoms. The first-order valence-corrected chi connectivity index (χ1v) is 8.91. The van der Waals surface area contributed by atoms with Crippen molar-refractivity contribution in [1.29, 1.82) is 0 Å². The average Bonchev–Trinajstić information content (AvgIpc) is 2.98. The number of carbonyl (C=O) groups excluding carboxylic acids is 1. The number of nitrogens with zero attached hydrogens (tertiary/aromatic N) is 4. The van der Waals surface area contributed by atoms with E-state index in [-0.39, 0.29) is 12.5 Å². The van der Waals surface area contributed by atoms with Crippen molar-refractivity contribution in [2.24, 2.45) is 0 Å². The number of halogens is 1. The van der Waals surface area contributed by atoms with Gasteiger partial charge < -0.3 is 10.2 Å². The van der Waals surface area contributed by atoms with Crippen LogP contribution in [0.2, 0.25) is 5.02 Å². The van der Waals surface area contributed by atoms with Gasteiger partial charge >= 0.3 is 0 Å². The maximum absolute atomic E-state index is 12.4. The minimum Gasteiger partial charge on any atom is -0.355 e. The third kappa shape index (κ3) is 4.39. The average molecular weight is 372 g/mol. The second-order valence-corrected chi connectivity index (χ2v) is 6.82. The summed E-state index contributed by atoms with van der Waals surface area (Å²) in [5, 5.41) is 3.63. The molecule has 0 aliphatic rings. The number of carbonyl (C=O) groups is 1. The van der Waals surface area contributed by atoms with E-state index in [1.54, 1.807) is 6.20 Å². The number of nitrogens with one attached hydrogen (secondary N) is 1. The summed E-state index contributed by atoms with van der Waals surface area (Å²) in [6, 6.07) is 11.2. The predicted octanol–water partition coefficient (Wildman–Crippen LogP) is 2.82. The number of amides is 1. The van der Waals surface area contributed by atoms with Crippen LogP contribution in [0.4, 0.5) is 0 Å². The van der Waals surface area contributed by atoms with E-state index in [0.29, 0.717) is 23.0 Å². The number of fused-ring (bicyclic) bond motifs is 1. The summed E-state index contributed by atoms with van der Waals surface area (Å²) in [6.07, 6.45) is 2.62. The summed E-state index contributed by atoms with van der Waals surface area (Å²) in [5.74, 6) is 0.655. The fourth-order valence-electron chi connectivity index (χ4n) is 2.75. The van der Waals surface area contributed by atoms with Crippen LogP contribution in [-0.4, -0.2) is 52.5 Å². The summed E-state index contributed by atoms with van der Waals surface area (Å²) in [5.41, 5.74) is 2.35. The van der Waals surface area contributed by atoms with Crippen LogP contribution in [-0.2, 0) is 11.3 Å². The van der Waals surface area contributed by atoms with E-state index >= 15 is 0 Å². The van der Waals surface area contributed by atoms with E-state index in [4.69, 9.17) is 11.6 Å². The van der Waals surface area contributed by atoms with Gasteiger partial charge in [-0.2, -0.15) is 0 Å². The summed E-state index contributed by atoms with van der Waals surface area (Å²) in [4.78, 5) is 23.6. The zero-order valence-corrected chi connectivity index (χ0v) is 15.7. The smallest absolute Gasteiger partial charge is 0.240 e. The predicted molar refractivity (Wildman–Crippen MR) is 104 cm³/mol. The van der Waals surface area contributed by atoms with Gasteiger partial charge in [0.25, 0.3) is 0 Å². The molecular weight excluding hydrogens is 350 g/mol. The van der Waals surface area contributed by atoms with E-state index in [0.717, 1.165) is 24.0 Å². The number of benzene rings is 1. The van der Waals surface area contributed by atoms with Crippen LogP contribution in [0.25, 0.3) is 22.6 Å². The lowest BCUT2D eigenvalue weighted by Gasteiger charge is -2.11. The number of pyridine rings is 1. The Balaban J connectivity index is 1.83. The molecule has 0 unspecified atom stereocenters. The van der Waals surface area contributed by atoms with Crippen molar-refractivity contribution < 1.29 is 4.79 Å². The minimum absolute atomic E-state index is 0.0519. The van der Waals surface area contributed by atoms with Crippen LogP contribution in [0.1, 0.15) is 6.42 Å². The minimum atomic E-state index is -0.0519. The number of hydrogen-bond donors (Lipinski definition) is 1. The summed E-state index contributed by atoms with van der Waals surface area (Å²) >= 11 is 5.99. The van der Waals surface area contributed by atoms with Crippen LogP contribution in [0, 0.1) is 0 Å². The van der Waals surface area contributed by atoms with E-state index < -0.39 is 0 Å². The van der Waals surface area contributed by atoms with Crippen molar-refractivity contribution in [2.75, 3.05) is 27.2 Å². The molecule has 0 saturated carbocycles. The van der Waals surface area contributed by atoms with Crippen LogP contribution < -0.4 is 5.32 Å². The highest BCUT2D eigenvalue weighted by atomic mass is 35.5. The normalized spacial score (nSPS) is 11.2. The van der Waals surface area contributed by atoms with E-state index in [9.17, 15) is 4.79 Å². The highest BCUT2D eigenvalue weighted by molar-refractivity contribution is 6.30. The summed E-state index contributed by atoms with van der Waals surface area (Å²) in [6.45, 7) is 1.76. The van der Waals surface area contributed by atoms with Crippen LogP contribution >= 0.6 is 11.6 Å². The molecule has 7 heteroatoms. The van der Waals surface area contributed by atoms with E-state index in [1.165, 1.54) is 0 Å². The SMILES string of the molecule is CN(C)CCCNC(=O)Cn1c(-c2ccc(Cl)cc2)nc2cccnc21. The number of imidazole rings is 1. The van der Waals surface area contributed by atoms with Crippen molar-refractivity contribution in [3.05, 3.63) is 47.6 Å². The van der Waals surface area contributed by atoms with Crippen molar-refractivity contribution in [2.45, 2.75) is 13.0 Å². The van der Waals surface area contributed by atoms with Gasteiger partial charge in [0.15, 0.2) is 5.65 Å². The number of hydrogen-bond acceptors (Lipinski definition) is 4. The first-order valence-electron chi connectivity index (χ1n) is 8.53. The fraction of sp³-hybridized carbons (Fsp3) is 0.316. The second kappa shape index (κ2) is 8.29. The zero-order valence-electron chi connectivity index (χ0n) is 14.9. The highest BCUT2D eigenvalue weighted by Gasteiger charge is 2.16. The molecule has 0 radical (unpaired) electrons. The molecule has 1 amide bonds. The largest absolute Gasteiger partial charge is 0.355 e. The van der Waals surface area contributed by atoms with Crippen molar-refractivity contribution in [1.82, 2.24) is 24.8 Å². The van der Waals surface area contributed by atoms with Gasteiger partial charge in [-0.05, 0) is 63.5 Å². The van der Waals surface area contributed by atoms with Gasteiger partial charge in [0.05, 0.1) is 0 Å². The topological polar surface area (TPSA) is 63.1 Å². The van der Waals surface area contributed by atoms with Crippen LogP contribution in [0.15, 0.2) is 42.6 Å². The molecule has 0 fully saturated rings. The molecule has 0 aliphatic carbocycles. The third-order valence-corrected chi connectivity index (χ3v) is 4.26. The Kier molecular flexibility index (Phi) is 5.85. The van der Waals surface area contributed by atoms with Gasteiger partial charge in [0, 0.05) is 23.3 Å². The second-order valence-electron chi connectivity index (χ2n) is 6.38. The van der Waals surface area contributed by atoms with Gasteiger partial charge in [-0.25, -0.2) is 9.97 Å². The maximum atomic E-state index is 12.4. The fourth-order valence-corrected chi connectivity index (χ4v) is 2.88. The lowest BCUT2D eigenvalue weighted by molar-refractivity contribution is -0.121. The van der Waals surface area contributed by atoms with Crippen molar-refractivity contribution >= 4 is 28.7 Å². The van der Waals surface area contributed by atoms with Gasteiger partial charge in [-0.1, -0.05) is 11.6 Å². The van der Waals surface area contributed by atoms with Crippen LogP contribution in [0.3, 0.4) is 0 Å². The summed E-state index contributed by atoms with van der Waals surface area (Å²) in [7, 11) is 4.03. The molecule has 136 valence electrons. The molecule has 0 spiro atoms. The lowest BCUT2D eigenvalue weighted by atomic mass is 10.2. The molecule has 0 atom stereocenters. The first-order chi connectivity index (χ1) is 12.5. The van der Waals surface area contributed by atoms with Gasteiger partial charge in [0.1, 0.15) is 17.9 Å². The number of rotatable bonds is 7. The Bertz CT molecular complexity index is 889. The monoisotopic (exact) mass is 371 g/mol. The maximum Gasteiger partial charge on any atom is 0.240 e.